The third-order valence-electron chi connectivity index (χ3n) is 3.55. The van der Waals surface area contributed by atoms with Crippen LogP contribution < -0.4 is 5.32 Å². The quantitative estimate of drug-likeness (QED) is 0.884. The molecule has 1 fully saturated rings. The van der Waals surface area contributed by atoms with Crippen molar-refractivity contribution in [3.8, 4) is 0 Å². The van der Waals surface area contributed by atoms with Crippen molar-refractivity contribution in [1.82, 2.24) is 15.2 Å². The Bertz CT molecular complexity index is 476. The average Bonchev–Trinajstić information content (AvgIpc) is 2.86. The van der Waals surface area contributed by atoms with E-state index in [0.717, 1.165) is 18.5 Å². The molecule has 0 aliphatic carbocycles. The largest absolute Gasteiger partial charge is 0.450 e. The van der Waals surface area contributed by atoms with E-state index in [1.165, 1.54) is 0 Å². The lowest BCUT2D eigenvalue weighted by atomic mass is 10.0. The summed E-state index contributed by atoms with van der Waals surface area (Å²) in [5, 5.41) is 3.02. The summed E-state index contributed by atoms with van der Waals surface area (Å²) in [6, 6.07) is 1.89. The van der Waals surface area contributed by atoms with Gasteiger partial charge in [0.1, 0.15) is 0 Å². The number of rotatable bonds is 3. The first-order valence-corrected chi connectivity index (χ1v) is 6.98. The molecule has 2 amide bonds. The molecule has 0 atom stereocenters. The Morgan fingerprint density at radius 3 is 2.70 bits per heavy atom. The Kier molecular flexibility index (Phi) is 4.65. The van der Waals surface area contributed by atoms with Gasteiger partial charge in [-0.3, -0.25) is 4.79 Å². The third-order valence-corrected chi connectivity index (χ3v) is 3.55. The van der Waals surface area contributed by atoms with E-state index in [4.69, 9.17) is 4.74 Å². The summed E-state index contributed by atoms with van der Waals surface area (Å²) in [5.74, 6) is -0.0571. The van der Waals surface area contributed by atoms with Crippen molar-refractivity contribution in [3.05, 3.63) is 23.5 Å². The van der Waals surface area contributed by atoms with Gasteiger partial charge in [0.2, 0.25) is 0 Å². The number of ether oxygens (including phenoxy) is 1. The van der Waals surface area contributed by atoms with E-state index in [1.54, 1.807) is 24.1 Å². The maximum absolute atomic E-state index is 12.1. The second-order valence-electron chi connectivity index (χ2n) is 4.95. The van der Waals surface area contributed by atoms with Crippen LogP contribution in [0.1, 0.15) is 35.8 Å². The predicted molar refractivity (Wildman–Crippen MR) is 74.6 cm³/mol. The highest BCUT2D eigenvalue weighted by Crippen LogP contribution is 2.13. The Balaban J connectivity index is 1.81. The number of likely N-dealkylation sites (tertiary alicyclic amines) is 1. The number of nitrogens with one attached hydrogen (secondary N) is 2. The fourth-order valence-electron chi connectivity index (χ4n) is 2.38. The molecule has 6 heteroatoms. The summed E-state index contributed by atoms with van der Waals surface area (Å²) >= 11 is 0. The van der Waals surface area contributed by atoms with Gasteiger partial charge in [0.05, 0.1) is 12.2 Å². The minimum atomic E-state index is -0.265. The summed E-state index contributed by atoms with van der Waals surface area (Å²) in [7, 11) is 0. The first-order valence-electron chi connectivity index (χ1n) is 6.98. The van der Waals surface area contributed by atoms with Crippen molar-refractivity contribution < 1.29 is 14.3 Å². The number of carbonyl (C=O) groups is 2. The van der Waals surface area contributed by atoms with Crippen LogP contribution in [0.4, 0.5) is 4.79 Å². The lowest BCUT2D eigenvalue weighted by Gasteiger charge is -2.31. The van der Waals surface area contributed by atoms with Gasteiger partial charge in [-0.05, 0) is 32.8 Å². The maximum Gasteiger partial charge on any atom is 0.409 e. The molecular weight excluding hydrogens is 258 g/mol. The predicted octanol–water partition coefficient (Wildman–Crippen LogP) is 1.67. The molecule has 1 saturated heterocycles. The molecule has 0 spiro atoms. The van der Waals surface area contributed by atoms with Crippen LogP contribution in [-0.4, -0.2) is 47.6 Å². The van der Waals surface area contributed by atoms with Crippen LogP contribution in [0.5, 0.6) is 0 Å². The summed E-state index contributed by atoms with van der Waals surface area (Å²) in [6.07, 6.45) is 3.01. The molecule has 1 aromatic heterocycles. The van der Waals surface area contributed by atoms with E-state index in [0.29, 0.717) is 25.3 Å². The lowest BCUT2D eigenvalue weighted by Crippen LogP contribution is -2.46. The topological polar surface area (TPSA) is 74.4 Å². The molecule has 2 heterocycles. The van der Waals surface area contributed by atoms with Gasteiger partial charge in [0.25, 0.3) is 5.91 Å². The molecule has 2 N–H and O–H groups in total. The SMILES string of the molecule is CCOC(=O)N1CCC(NC(=O)c2cc[nH]c2C)CC1. The van der Waals surface area contributed by atoms with Gasteiger partial charge in [0, 0.05) is 31.0 Å². The highest BCUT2D eigenvalue weighted by atomic mass is 16.6. The first-order chi connectivity index (χ1) is 9.61. The zero-order valence-corrected chi connectivity index (χ0v) is 11.9. The van der Waals surface area contributed by atoms with E-state index in [-0.39, 0.29) is 18.0 Å². The molecule has 1 aliphatic heterocycles. The Hall–Kier alpha value is -1.98. The minimum Gasteiger partial charge on any atom is -0.450 e. The lowest BCUT2D eigenvalue weighted by molar-refractivity contribution is 0.0860. The van der Waals surface area contributed by atoms with Crippen molar-refractivity contribution in [2.75, 3.05) is 19.7 Å². The Labute approximate surface area is 118 Å². The van der Waals surface area contributed by atoms with E-state index < -0.39 is 0 Å². The second-order valence-corrected chi connectivity index (χ2v) is 4.95. The molecule has 0 unspecified atom stereocenters. The van der Waals surface area contributed by atoms with Crippen molar-refractivity contribution in [3.63, 3.8) is 0 Å². The van der Waals surface area contributed by atoms with Gasteiger partial charge in [-0.2, -0.15) is 0 Å². The van der Waals surface area contributed by atoms with Crippen LogP contribution in [0.2, 0.25) is 0 Å². The van der Waals surface area contributed by atoms with Crippen molar-refractivity contribution >= 4 is 12.0 Å². The molecule has 1 aromatic rings. The van der Waals surface area contributed by atoms with Gasteiger partial charge in [-0.25, -0.2) is 4.79 Å². The Morgan fingerprint density at radius 2 is 2.15 bits per heavy atom. The highest BCUT2D eigenvalue weighted by molar-refractivity contribution is 5.95. The molecule has 110 valence electrons. The maximum atomic E-state index is 12.1. The van der Waals surface area contributed by atoms with Crippen molar-refractivity contribution in [2.24, 2.45) is 0 Å². The number of hydrogen-bond acceptors (Lipinski definition) is 3. The molecule has 0 radical (unpaired) electrons. The average molecular weight is 279 g/mol. The Morgan fingerprint density at radius 1 is 1.45 bits per heavy atom. The van der Waals surface area contributed by atoms with Crippen LogP contribution in [0.15, 0.2) is 12.3 Å². The van der Waals surface area contributed by atoms with Gasteiger partial charge < -0.3 is 19.9 Å². The number of piperidine rings is 1. The van der Waals surface area contributed by atoms with E-state index in [9.17, 15) is 9.59 Å². The monoisotopic (exact) mass is 279 g/mol. The number of amides is 2. The number of aromatic amines is 1. The minimum absolute atomic E-state index is 0.0571. The van der Waals surface area contributed by atoms with Gasteiger partial charge in [-0.1, -0.05) is 0 Å². The normalized spacial score (nSPS) is 16.0. The first kappa shape index (κ1) is 14.4. The number of H-pyrrole nitrogens is 1. The van der Waals surface area contributed by atoms with Crippen LogP contribution in [0.3, 0.4) is 0 Å². The summed E-state index contributed by atoms with van der Waals surface area (Å²) in [4.78, 5) is 28.3. The summed E-state index contributed by atoms with van der Waals surface area (Å²) in [5.41, 5.74) is 1.55. The van der Waals surface area contributed by atoms with Gasteiger partial charge in [-0.15, -0.1) is 0 Å². The summed E-state index contributed by atoms with van der Waals surface area (Å²) in [6.45, 7) is 5.30. The molecule has 6 nitrogen and oxygen atoms in total. The number of nitrogens with zero attached hydrogens (tertiary/aromatic N) is 1. The molecule has 0 saturated carbocycles. The number of hydrogen-bond donors (Lipinski definition) is 2. The molecular formula is C14H21N3O3. The van der Waals surface area contributed by atoms with Gasteiger partial charge in [0.15, 0.2) is 0 Å². The van der Waals surface area contributed by atoms with Crippen LogP contribution in [0.25, 0.3) is 0 Å². The highest BCUT2D eigenvalue weighted by Gasteiger charge is 2.25. The van der Waals surface area contributed by atoms with Crippen molar-refractivity contribution in [1.29, 1.82) is 0 Å². The van der Waals surface area contributed by atoms with Crippen LogP contribution in [-0.2, 0) is 4.74 Å². The molecule has 2 rings (SSSR count). The molecule has 0 aromatic carbocycles. The summed E-state index contributed by atoms with van der Waals surface area (Å²) < 4.78 is 4.97. The zero-order valence-electron chi connectivity index (χ0n) is 11.9. The molecule has 1 aliphatic rings. The fourth-order valence-corrected chi connectivity index (χ4v) is 2.38. The van der Waals surface area contributed by atoms with E-state index >= 15 is 0 Å². The third kappa shape index (κ3) is 3.31. The van der Waals surface area contributed by atoms with E-state index in [2.05, 4.69) is 10.3 Å². The van der Waals surface area contributed by atoms with Crippen LogP contribution in [0, 0.1) is 6.92 Å². The van der Waals surface area contributed by atoms with Gasteiger partial charge >= 0.3 is 6.09 Å². The number of aryl methyl sites for hydroxylation is 1. The second kappa shape index (κ2) is 6.45. The molecule has 0 bridgehead atoms. The zero-order chi connectivity index (χ0) is 14.5. The molecule has 20 heavy (non-hydrogen) atoms. The van der Waals surface area contributed by atoms with Crippen molar-refractivity contribution in [2.45, 2.75) is 32.7 Å². The number of aromatic nitrogens is 1. The van der Waals surface area contributed by atoms with E-state index in [1.807, 2.05) is 6.92 Å². The standard InChI is InChI=1S/C14H21N3O3/c1-3-20-14(19)17-8-5-11(6-9-17)16-13(18)12-4-7-15-10(12)2/h4,7,11,15H,3,5-6,8-9H2,1-2H3,(H,16,18). The number of carbonyl (C=O) groups excluding carboxylic acids is 2. The van der Waals surface area contributed by atoms with Crippen LogP contribution >= 0.6 is 0 Å². The fraction of sp³-hybridized carbons (Fsp3) is 0.571. The smallest absolute Gasteiger partial charge is 0.409 e.